The number of rotatable bonds is 6. The molecule has 0 radical (unpaired) electrons. The lowest BCUT2D eigenvalue weighted by Gasteiger charge is -2.29. The van der Waals surface area contributed by atoms with Crippen LogP contribution in [-0.2, 0) is 18.4 Å². The van der Waals surface area contributed by atoms with Crippen molar-refractivity contribution >= 4 is 13.6 Å². The zero-order valence-corrected chi connectivity index (χ0v) is 11.0. The van der Waals surface area contributed by atoms with E-state index in [0.717, 1.165) is 0 Å². The van der Waals surface area contributed by atoms with Crippen LogP contribution in [0.4, 0.5) is 0 Å². The molecule has 0 aromatic heterocycles. The van der Waals surface area contributed by atoms with Gasteiger partial charge in [-0.2, -0.15) is 0 Å². The molecule has 0 amide bonds. The minimum atomic E-state index is -4.37. The van der Waals surface area contributed by atoms with Gasteiger partial charge in [0.15, 0.2) is 5.78 Å². The van der Waals surface area contributed by atoms with Crippen LogP contribution in [0.3, 0.4) is 0 Å². The Bertz CT molecular complexity index is 319. The average molecular weight is 249 g/mol. The number of ketones is 1. The predicted octanol–water partition coefficient (Wildman–Crippen LogP) is 1.65. The van der Waals surface area contributed by atoms with Crippen LogP contribution in [0.1, 0.15) is 40.5 Å². The van der Waals surface area contributed by atoms with Gasteiger partial charge in [0.1, 0.15) is 5.60 Å². The summed E-state index contributed by atoms with van der Waals surface area (Å²) in [7, 11) is -4.37. The SMILES string of the molecule is CC(C)OP(=O)([O-])OC1(C(=O)C(C)C)CC1. The maximum atomic E-state index is 11.7. The van der Waals surface area contributed by atoms with Crippen molar-refractivity contribution in [2.45, 2.75) is 52.2 Å². The number of hydrogen-bond donors (Lipinski definition) is 0. The summed E-state index contributed by atoms with van der Waals surface area (Å²) in [6.07, 6.45) is 0.434. The Morgan fingerprint density at radius 2 is 1.81 bits per heavy atom. The summed E-state index contributed by atoms with van der Waals surface area (Å²) in [6.45, 7) is 6.64. The van der Waals surface area contributed by atoms with E-state index in [1.165, 1.54) is 0 Å². The van der Waals surface area contributed by atoms with Gasteiger partial charge >= 0.3 is 0 Å². The quantitative estimate of drug-likeness (QED) is 0.669. The molecule has 1 atom stereocenters. The van der Waals surface area contributed by atoms with Crippen molar-refractivity contribution in [2.24, 2.45) is 5.92 Å². The third-order valence-corrected chi connectivity index (χ3v) is 3.56. The second-order valence-corrected chi connectivity index (χ2v) is 5.99. The van der Waals surface area contributed by atoms with Gasteiger partial charge in [0.25, 0.3) is 7.82 Å². The van der Waals surface area contributed by atoms with Gasteiger partial charge in [-0.15, -0.1) is 0 Å². The van der Waals surface area contributed by atoms with Gasteiger partial charge in [-0.25, -0.2) is 0 Å². The molecular weight excluding hydrogens is 231 g/mol. The third kappa shape index (κ3) is 3.39. The van der Waals surface area contributed by atoms with Gasteiger partial charge in [0, 0.05) is 5.92 Å². The van der Waals surface area contributed by atoms with Crippen molar-refractivity contribution in [1.29, 1.82) is 0 Å². The standard InChI is InChI=1S/C10H19O5P/c1-7(2)9(11)10(5-6-10)15-16(12,13)14-8(3)4/h7-8H,5-6H2,1-4H3,(H,12,13)/p-1. The van der Waals surface area contributed by atoms with E-state index in [4.69, 9.17) is 4.52 Å². The minimum Gasteiger partial charge on any atom is -0.756 e. The Labute approximate surface area is 95.8 Å². The highest BCUT2D eigenvalue weighted by Crippen LogP contribution is 2.54. The summed E-state index contributed by atoms with van der Waals surface area (Å²) in [5, 5.41) is 0. The van der Waals surface area contributed by atoms with E-state index in [1.807, 2.05) is 0 Å². The average Bonchev–Trinajstić information content (AvgIpc) is 2.80. The Morgan fingerprint density at radius 1 is 1.31 bits per heavy atom. The van der Waals surface area contributed by atoms with Crippen molar-refractivity contribution < 1.29 is 23.3 Å². The molecule has 1 aliphatic rings. The number of carbonyl (C=O) groups excluding carboxylic acids is 1. The molecule has 0 bridgehead atoms. The van der Waals surface area contributed by atoms with Gasteiger partial charge in [-0.3, -0.25) is 9.36 Å². The van der Waals surface area contributed by atoms with Crippen LogP contribution in [-0.4, -0.2) is 17.5 Å². The van der Waals surface area contributed by atoms with Gasteiger partial charge in [0.2, 0.25) is 0 Å². The zero-order chi connectivity index (χ0) is 12.6. The molecular formula is C10H18O5P-. The summed E-state index contributed by atoms with van der Waals surface area (Å²) >= 11 is 0. The normalized spacial score (nSPS) is 22.2. The molecule has 5 nitrogen and oxygen atoms in total. The Kier molecular flexibility index (Phi) is 3.95. The lowest BCUT2D eigenvalue weighted by molar-refractivity contribution is -0.234. The van der Waals surface area contributed by atoms with E-state index in [2.05, 4.69) is 4.52 Å². The van der Waals surface area contributed by atoms with Crippen LogP contribution in [0, 0.1) is 5.92 Å². The largest absolute Gasteiger partial charge is 0.756 e. The Hall–Kier alpha value is -0.220. The first-order chi connectivity index (χ1) is 7.18. The molecule has 1 rings (SSSR count). The van der Waals surface area contributed by atoms with Crippen molar-refractivity contribution in [2.75, 3.05) is 0 Å². The summed E-state index contributed by atoms with van der Waals surface area (Å²) in [6, 6.07) is 0. The van der Waals surface area contributed by atoms with Crippen LogP contribution in [0.5, 0.6) is 0 Å². The molecule has 16 heavy (non-hydrogen) atoms. The van der Waals surface area contributed by atoms with E-state index in [0.29, 0.717) is 12.8 Å². The Balaban J connectivity index is 2.67. The highest BCUT2D eigenvalue weighted by Gasteiger charge is 2.54. The second-order valence-electron chi connectivity index (χ2n) is 4.71. The maximum Gasteiger partial charge on any atom is 0.269 e. The highest BCUT2D eigenvalue weighted by atomic mass is 31.2. The lowest BCUT2D eigenvalue weighted by atomic mass is 10.0. The molecule has 1 unspecified atom stereocenters. The smallest absolute Gasteiger partial charge is 0.269 e. The topological polar surface area (TPSA) is 75.7 Å². The minimum absolute atomic E-state index is 0.170. The molecule has 0 aromatic rings. The van der Waals surface area contributed by atoms with E-state index >= 15 is 0 Å². The second kappa shape index (κ2) is 4.57. The first-order valence-electron chi connectivity index (χ1n) is 5.43. The summed E-state index contributed by atoms with van der Waals surface area (Å²) in [4.78, 5) is 23.2. The van der Waals surface area contributed by atoms with Crippen molar-refractivity contribution in [3.63, 3.8) is 0 Å². The molecule has 1 saturated carbocycles. The van der Waals surface area contributed by atoms with Crippen molar-refractivity contribution in [1.82, 2.24) is 0 Å². The van der Waals surface area contributed by atoms with Crippen LogP contribution in [0.2, 0.25) is 0 Å². The Morgan fingerprint density at radius 3 is 2.12 bits per heavy atom. The molecule has 0 saturated heterocycles. The molecule has 0 aliphatic heterocycles. The van der Waals surface area contributed by atoms with Crippen LogP contribution < -0.4 is 4.89 Å². The van der Waals surface area contributed by atoms with Gasteiger partial charge in [-0.1, -0.05) is 13.8 Å². The summed E-state index contributed by atoms with van der Waals surface area (Å²) in [5.74, 6) is -0.405. The number of Topliss-reactive ketones (excluding diaryl/α,β-unsaturated/α-hetero) is 1. The molecule has 1 fully saturated rings. The number of hydrogen-bond acceptors (Lipinski definition) is 5. The van der Waals surface area contributed by atoms with E-state index in [-0.39, 0.29) is 11.7 Å². The molecule has 0 heterocycles. The van der Waals surface area contributed by atoms with E-state index in [9.17, 15) is 14.3 Å². The molecule has 0 aromatic carbocycles. The first-order valence-corrected chi connectivity index (χ1v) is 6.89. The van der Waals surface area contributed by atoms with Crippen molar-refractivity contribution in [3.8, 4) is 0 Å². The van der Waals surface area contributed by atoms with Crippen LogP contribution in [0.15, 0.2) is 0 Å². The lowest BCUT2D eigenvalue weighted by Crippen LogP contribution is -2.31. The van der Waals surface area contributed by atoms with E-state index < -0.39 is 19.5 Å². The molecule has 0 spiro atoms. The summed E-state index contributed by atoms with van der Waals surface area (Å²) < 4.78 is 21.0. The van der Waals surface area contributed by atoms with Gasteiger partial charge < -0.3 is 13.9 Å². The van der Waals surface area contributed by atoms with E-state index in [1.54, 1.807) is 27.7 Å². The fraction of sp³-hybridized carbons (Fsp3) is 0.900. The number of phosphoric ester groups is 1. The molecule has 1 aliphatic carbocycles. The maximum absolute atomic E-state index is 11.7. The van der Waals surface area contributed by atoms with Crippen LogP contribution >= 0.6 is 7.82 Å². The van der Waals surface area contributed by atoms with Crippen LogP contribution in [0.25, 0.3) is 0 Å². The first kappa shape index (κ1) is 13.8. The number of phosphoric acid groups is 1. The highest BCUT2D eigenvalue weighted by molar-refractivity contribution is 7.46. The fourth-order valence-corrected chi connectivity index (χ4v) is 2.78. The fourth-order valence-electron chi connectivity index (χ4n) is 1.52. The summed E-state index contributed by atoms with van der Waals surface area (Å²) in [5.41, 5.74) is -1.14. The van der Waals surface area contributed by atoms with Gasteiger partial charge in [-0.05, 0) is 26.7 Å². The predicted molar refractivity (Wildman–Crippen MR) is 56.7 cm³/mol. The zero-order valence-electron chi connectivity index (χ0n) is 10.1. The van der Waals surface area contributed by atoms with Crippen molar-refractivity contribution in [3.05, 3.63) is 0 Å². The van der Waals surface area contributed by atoms with Gasteiger partial charge in [0.05, 0.1) is 6.10 Å². The molecule has 0 N–H and O–H groups in total. The molecule has 94 valence electrons. The third-order valence-electron chi connectivity index (χ3n) is 2.30. The molecule has 6 heteroatoms. The number of carbonyl (C=O) groups is 1. The monoisotopic (exact) mass is 249 g/mol.